The van der Waals surface area contributed by atoms with Gasteiger partial charge >= 0.3 is 5.97 Å². The molecule has 0 aromatic carbocycles. The average molecular weight is 259 g/mol. The molecule has 92 valence electrons. The summed E-state index contributed by atoms with van der Waals surface area (Å²) in [7, 11) is 1.25. The second-order valence-corrected chi connectivity index (χ2v) is 3.54. The molecule has 0 fully saturated rings. The van der Waals surface area contributed by atoms with E-state index in [0.717, 1.165) is 0 Å². The molecule has 1 amide bonds. The SMILES string of the molecule is COC(CNC(=O)c1ccncc1Cl)C(=O)O. The molecule has 1 heterocycles. The second kappa shape index (κ2) is 6.17. The third-order valence-electron chi connectivity index (χ3n) is 2.03. The molecule has 0 radical (unpaired) electrons. The molecular formula is C10H11ClN2O4. The first-order valence-electron chi connectivity index (χ1n) is 4.69. The Bertz CT molecular complexity index is 425. The first kappa shape index (κ1) is 13.4. The van der Waals surface area contributed by atoms with E-state index in [2.05, 4.69) is 15.0 Å². The molecule has 7 heteroatoms. The number of hydrogen-bond acceptors (Lipinski definition) is 4. The van der Waals surface area contributed by atoms with Crippen LogP contribution in [0.4, 0.5) is 0 Å². The molecule has 0 saturated carbocycles. The van der Waals surface area contributed by atoms with E-state index in [9.17, 15) is 9.59 Å². The lowest BCUT2D eigenvalue weighted by Crippen LogP contribution is -2.37. The Labute approximate surface area is 103 Å². The number of nitrogens with one attached hydrogen (secondary N) is 1. The molecule has 0 saturated heterocycles. The molecule has 2 N–H and O–H groups in total. The quantitative estimate of drug-likeness (QED) is 0.806. The predicted molar refractivity (Wildman–Crippen MR) is 60.0 cm³/mol. The largest absolute Gasteiger partial charge is 0.479 e. The van der Waals surface area contributed by atoms with Crippen molar-refractivity contribution in [2.24, 2.45) is 0 Å². The highest BCUT2D eigenvalue weighted by atomic mass is 35.5. The molecule has 0 spiro atoms. The number of rotatable bonds is 5. The number of amides is 1. The minimum Gasteiger partial charge on any atom is -0.479 e. The van der Waals surface area contributed by atoms with Crippen LogP contribution >= 0.6 is 11.6 Å². The molecule has 0 aliphatic rings. The number of aliphatic carboxylic acids is 1. The molecule has 1 atom stereocenters. The number of carbonyl (C=O) groups excluding carboxylic acids is 1. The van der Waals surface area contributed by atoms with Gasteiger partial charge in [0.05, 0.1) is 17.1 Å². The van der Waals surface area contributed by atoms with Crippen LogP contribution in [0.25, 0.3) is 0 Å². The van der Waals surface area contributed by atoms with Crippen molar-refractivity contribution >= 4 is 23.5 Å². The molecule has 0 aliphatic carbocycles. The third-order valence-corrected chi connectivity index (χ3v) is 2.33. The zero-order chi connectivity index (χ0) is 12.8. The van der Waals surface area contributed by atoms with Crippen LogP contribution in [0.3, 0.4) is 0 Å². The maximum atomic E-state index is 11.6. The van der Waals surface area contributed by atoms with Crippen molar-refractivity contribution in [2.45, 2.75) is 6.10 Å². The molecule has 1 rings (SSSR count). The highest BCUT2D eigenvalue weighted by Crippen LogP contribution is 2.12. The number of pyridine rings is 1. The second-order valence-electron chi connectivity index (χ2n) is 3.13. The molecule has 6 nitrogen and oxygen atoms in total. The first-order chi connectivity index (χ1) is 8.06. The fraction of sp³-hybridized carbons (Fsp3) is 0.300. The monoisotopic (exact) mass is 258 g/mol. The van der Waals surface area contributed by atoms with Crippen LogP contribution in [0.2, 0.25) is 5.02 Å². The maximum absolute atomic E-state index is 11.6. The van der Waals surface area contributed by atoms with Crippen molar-refractivity contribution in [3.05, 3.63) is 29.0 Å². The van der Waals surface area contributed by atoms with E-state index in [0.29, 0.717) is 0 Å². The summed E-state index contributed by atoms with van der Waals surface area (Å²) in [4.78, 5) is 26.0. The summed E-state index contributed by atoms with van der Waals surface area (Å²) in [6, 6.07) is 1.44. The molecule has 1 aromatic heterocycles. The number of ether oxygens (including phenoxy) is 1. The Hall–Kier alpha value is -1.66. The first-order valence-corrected chi connectivity index (χ1v) is 5.07. The van der Waals surface area contributed by atoms with Crippen LogP contribution in [0, 0.1) is 0 Å². The van der Waals surface area contributed by atoms with Gasteiger partial charge in [-0.25, -0.2) is 4.79 Å². The number of nitrogens with zero attached hydrogens (tertiary/aromatic N) is 1. The van der Waals surface area contributed by atoms with E-state index >= 15 is 0 Å². The van der Waals surface area contributed by atoms with Crippen LogP contribution < -0.4 is 5.32 Å². The maximum Gasteiger partial charge on any atom is 0.334 e. The zero-order valence-corrected chi connectivity index (χ0v) is 9.77. The molecule has 0 bridgehead atoms. The van der Waals surface area contributed by atoms with Gasteiger partial charge in [-0.05, 0) is 6.07 Å². The fourth-order valence-electron chi connectivity index (χ4n) is 1.11. The Morgan fingerprint density at radius 2 is 2.35 bits per heavy atom. The molecule has 1 aromatic rings. The van der Waals surface area contributed by atoms with Crippen molar-refractivity contribution < 1.29 is 19.4 Å². The van der Waals surface area contributed by atoms with Gasteiger partial charge in [0, 0.05) is 19.5 Å². The molecule has 17 heavy (non-hydrogen) atoms. The topological polar surface area (TPSA) is 88.5 Å². The number of methoxy groups -OCH3 is 1. The predicted octanol–water partition coefficient (Wildman–Crippen LogP) is 0.564. The number of carboxylic acids is 1. The number of aromatic nitrogens is 1. The number of carbonyl (C=O) groups is 2. The van der Waals surface area contributed by atoms with Crippen LogP contribution in [-0.4, -0.2) is 41.7 Å². The van der Waals surface area contributed by atoms with Gasteiger partial charge in [-0.1, -0.05) is 11.6 Å². The van der Waals surface area contributed by atoms with E-state index < -0.39 is 18.0 Å². The Morgan fingerprint density at radius 3 is 2.88 bits per heavy atom. The minimum absolute atomic E-state index is 0.136. The van der Waals surface area contributed by atoms with Crippen molar-refractivity contribution in [1.29, 1.82) is 0 Å². The molecular weight excluding hydrogens is 248 g/mol. The summed E-state index contributed by atoms with van der Waals surface area (Å²) >= 11 is 5.76. The minimum atomic E-state index is -1.14. The lowest BCUT2D eigenvalue weighted by molar-refractivity contribution is -0.148. The van der Waals surface area contributed by atoms with Crippen molar-refractivity contribution in [2.75, 3.05) is 13.7 Å². The van der Waals surface area contributed by atoms with Crippen LogP contribution in [0.15, 0.2) is 18.5 Å². The van der Waals surface area contributed by atoms with E-state index in [4.69, 9.17) is 16.7 Å². The van der Waals surface area contributed by atoms with E-state index in [1.54, 1.807) is 0 Å². The van der Waals surface area contributed by atoms with Gasteiger partial charge in [0.25, 0.3) is 5.91 Å². The molecule has 0 aliphatic heterocycles. The van der Waals surface area contributed by atoms with E-state index in [1.807, 2.05) is 0 Å². The number of hydrogen-bond donors (Lipinski definition) is 2. The van der Waals surface area contributed by atoms with Crippen LogP contribution in [0.5, 0.6) is 0 Å². The summed E-state index contributed by atoms with van der Waals surface area (Å²) in [6.45, 7) is -0.136. The average Bonchev–Trinajstić information content (AvgIpc) is 2.29. The highest BCUT2D eigenvalue weighted by molar-refractivity contribution is 6.33. The highest BCUT2D eigenvalue weighted by Gasteiger charge is 2.18. The number of carboxylic acid groups (broad SMARTS) is 1. The summed E-state index contributed by atoms with van der Waals surface area (Å²) in [6.07, 6.45) is 1.67. The summed E-state index contributed by atoms with van der Waals surface area (Å²) in [5.41, 5.74) is 0.238. The Morgan fingerprint density at radius 1 is 1.65 bits per heavy atom. The lowest BCUT2D eigenvalue weighted by atomic mass is 10.2. The Kier molecular flexibility index (Phi) is 4.86. The van der Waals surface area contributed by atoms with Gasteiger partial charge in [-0.15, -0.1) is 0 Å². The molecule has 1 unspecified atom stereocenters. The summed E-state index contributed by atoms with van der Waals surface area (Å²) in [5, 5.41) is 11.3. The summed E-state index contributed by atoms with van der Waals surface area (Å²) in [5.74, 6) is -1.62. The van der Waals surface area contributed by atoms with Crippen molar-refractivity contribution in [3.8, 4) is 0 Å². The smallest absolute Gasteiger partial charge is 0.334 e. The van der Waals surface area contributed by atoms with Gasteiger partial charge in [-0.3, -0.25) is 9.78 Å². The fourth-order valence-corrected chi connectivity index (χ4v) is 1.32. The van der Waals surface area contributed by atoms with Gasteiger partial charge in [0.2, 0.25) is 0 Å². The lowest BCUT2D eigenvalue weighted by Gasteiger charge is -2.11. The van der Waals surface area contributed by atoms with Gasteiger partial charge in [-0.2, -0.15) is 0 Å². The van der Waals surface area contributed by atoms with Crippen LogP contribution in [0.1, 0.15) is 10.4 Å². The van der Waals surface area contributed by atoms with Crippen LogP contribution in [-0.2, 0) is 9.53 Å². The zero-order valence-electron chi connectivity index (χ0n) is 9.01. The third kappa shape index (κ3) is 3.69. The Balaban J connectivity index is 2.62. The van der Waals surface area contributed by atoms with Gasteiger partial charge in [0.1, 0.15) is 0 Å². The van der Waals surface area contributed by atoms with Gasteiger partial charge in [0.15, 0.2) is 6.10 Å². The standard InChI is InChI=1S/C10H11ClN2O4/c1-17-8(10(15)16)5-13-9(14)6-2-3-12-4-7(6)11/h2-4,8H,5H2,1H3,(H,13,14)(H,15,16). The van der Waals surface area contributed by atoms with E-state index in [1.165, 1.54) is 25.6 Å². The van der Waals surface area contributed by atoms with E-state index in [-0.39, 0.29) is 17.1 Å². The van der Waals surface area contributed by atoms with Gasteiger partial charge < -0.3 is 15.2 Å². The normalized spacial score (nSPS) is 11.9. The van der Waals surface area contributed by atoms with Crippen molar-refractivity contribution in [3.63, 3.8) is 0 Å². The number of halogens is 1. The summed E-state index contributed by atoms with van der Waals surface area (Å²) < 4.78 is 4.67. The van der Waals surface area contributed by atoms with Crippen molar-refractivity contribution in [1.82, 2.24) is 10.3 Å².